The molecule has 0 saturated carbocycles. The summed E-state index contributed by atoms with van der Waals surface area (Å²) in [5.41, 5.74) is 1.13. The lowest BCUT2D eigenvalue weighted by Crippen LogP contribution is -2.29. The summed E-state index contributed by atoms with van der Waals surface area (Å²) < 4.78 is 26.8. The second-order valence-corrected chi connectivity index (χ2v) is 7.20. The van der Waals surface area contributed by atoms with Gasteiger partial charge >= 0.3 is 0 Å². The van der Waals surface area contributed by atoms with Crippen molar-refractivity contribution in [3.63, 3.8) is 0 Å². The van der Waals surface area contributed by atoms with Gasteiger partial charge in [0.2, 0.25) is 5.91 Å². The average molecular weight is 362 g/mol. The van der Waals surface area contributed by atoms with Gasteiger partial charge in [0, 0.05) is 22.1 Å². The van der Waals surface area contributed by atoms with E-state index in [9.17, 15) is 18.4 Å². The molecule has 0 aliphatic carbocycles. The summed E-state index contributed by atoms with van der Waals surface area (Å²) >= 11 is 1.43. The molecule has 2 N–H and O–H groups in total. The van der Waals surface area contributed by atoms with E-state index in [1.165, 1.54) is 17.8 Å². The highest BCUT2D eigenvalue weighted by Gasteiger charge is 2.24. The minimum atomic E-state index is -0.712. The van der Waals surface area contributed by atoms with Gasteiger partial charge < -0.3 is 10.6 Å². The molecule has 2 aromatic carbocycles. The quantitative estimate of drug-likeness (QED) is 0.871. The van der Waals surface area contributed by atoms with Gasteiger partial charge in [-0.1, -0.05) is 6.07 Å². The van der Waals surface area contributed by atoms with Gasteiger partial charge in [-0.25, -0.2) is 8.78 Å². The number of carbonyl (C=O) groups is 2. The molecule has 2 atom stereocenters. The van der Waals surface area contributed by atoms with Crippen molar-refractivity contribution < 1.29 is 18.4 Å². The monoisotopic (exact) mass is 362 g/mol. The largest absolute Gasteiger partial charge is 0.345 e. The van der Waals surface area contributed by atoms with Crippen LogP contribution in [0.25, 0.3) is 0 Å². The first kappa shape index (κ1) is 17.4. The number of thioether (sulfide) groups is 1. The minimum absolute atomic E-state index is 0.114. The highest BCUT2D eigenvalue weighted by Crippen LogP contribution is 2.36. The van der Waals surface area contributed by atoms with Crippen molar-refractivity contribution in [1.82, 2.24) is 5.32 Å². The molecule has 1 heterocycles. The van der Waals surface area contributed by atoms with Crippen molar-refractivity contribution in [3.8, 4) is 0 Å². The zero-order chi connectivity index (χ0) is 18.1. The van der Waals surface area contributed by atoms with E-state index in [0.717, 1.165) is 17.0 Å². The summed E-state index contributed by atoms with van der Waals surface area (Å²) in [6.45, 7) is 3.43. The van der Waals surface area contributed by atoms with Crippen LogP contribution in [0.4, 0.5) is 14.5 Å². The molecule has 0 bridgehead atoms. The predicted octanol–water partition coefficient (Wildman–Crippen LogP) is 3.89. The Labute approximate surface area is 148 Å². The van der Waals surface area contributed by atoms with E-state index < -0.39 is 23.6 Å². The maximum absolute atomic E-state index is 13.8. The summed E-state index contributed by atoms with van der Waals surface area (Å²) in [7, 11) is 0. The molecule has 3 rings (SSSR count). The van der Waals surface area contributed by atoms with Crippen LogP contribution in [0.15, 0.2) is 41.3 Å². The zero-order valence-electron chi connectivity index (χ0n) is 13.6. The summed E-state index contributed by atoms with van der Waals surface area (Å²) in [4.78, 5) is 25.1. The van der Waals surface area contributed by atoms with E-state index in [4.69, 9.17) is 0 Å². The van der Waals surface area contributed by atoms with Crippen molar-refractivity contribution >= 4 is 29.3 Å². The number of rotatable bonds is 3. The maximum atomic E-state index is 13.8. The van der Waals surface area contributed by atoms with Crippen LogP contribution in [-0.4, -0.2) is 17.1 Å². The minimum Gasteiger partial charge on any atom is -0.345 e. The lowest BCUT2D eigenvalue weighted by Gasteiger charge is -2.22. The van der Waals surface area contributed by atoms with Gasteiger partial charge in [0.25, 0.3) is 5.91 Å². The summed E-state index contributed by atoms with van der Waals surface area (Å²) in [6.07, 6.45) is 0. The molecule has 25 heavy (non-hydrogen) atoms. The van der Waals surface area contributed by atoms with Gasteiger partial charge in [-0.3, -0.25) is 9.59 Å². The van der Waals surface area contributed by atoms with Crippen molar-refractivity contribution in [2.45, 2.75) is 30.0 Å². The Balaban J connectivity index is 1.77. The van der Waals surface area contributed by atoms with Crippen LogP contribution in [0, 0.1) is 11.6 Å². The molecule has 0 radical (unpaired) electrons. The lowest BCUT2D eigenvalue weighted by molar-refractivity contribution is -0.115. The van der Waals surface area contributed by atoms with Gasteiger partial charge in [0.1, 0.15) is 11.6 Å². The second kappa shape index (κ2) is 6.84. The number of benzene rings is 2. The predicted molar refractivity (Wildman–Crippen MR) is 92.6 cm³/mol. The number of amides is 2. The fraction of sp³-hybridized carbons (Fsp3) is 0.222. The number of hydrogen-bond donors (Lipinski definition) is 2. The van der Waals surface area contributed by atoms with Gasteiger partial charge in [0.15, 0.2) is 0 Å². The van der Waals surface area contributed by atoms with Gasteiger partial charge in [-0.05, 0) is 38.1 Å². The van der Waals surface area contributed by atoms with Crippen LogP contribution >= 0.6 is 11.8 Å². The Bertz CT molecular complexity index is 857. The smallest absolute Gasteiger partial charge is 0.251 e. The molecule has 0 fully saturated rings. The van der Waals surface area contributed by atoms with E-state index in [1.807, 2.05) is 6.92 Å². The number of hydrogen-bond acceptors (Lipinski definition) is 3. The van der Waals surface area contributed by atoms with E-state index in [0.29, 0.717) is 11.3 Å². The van der Waals surface area contributed by atoms with Crippen LogP contribution in [-0.2, 0) is 4.79 Å². The Kier molecular flexibility index (Phi) is 4.76. The van der Waals surface area contributed by atoms with Crippen molar-refractivity contribution in [2.24, 2.45) is 0 Å². The maximum Gasteiger partial charge on any atom is 0.251 e. The van der Waals surface area contributed by atoms with Crippen LogP contribution in [0.1, 0.15) is 35.8 Å². The first-order valence-electron chi connectivity index (χ1n) is 7.72. The van der Waals surface area contributed by atoms with Crippen LogP contribution < -0.4 is 10.6 Å². The van der Waals surface area contributed by atoms with Crippen molar-refractivity contribution in [2.75, 3.05) is 5.32 Å². The third-order valence-electron chi connectivity index (χ3n) is 3.95. The molecule has 4 nitrogen and oxygen atoms in total. The Morgan fingerprint density at radius 1 is 1.24 bits per heavy atom. The Hall–Kier alpha value is -2.41. The SMILES string of the molecule is CC1Sc2ccc(C(=O)NC(C)c3ccc(F)cc3F)cc2NC1=O. The van der Waals surface area contributed by atoms with E-state index in [-0.39, 0.29) is 16.7 Å². The first-order valence-corrected chi connectivity index (χ1v) is 8.60. The third-order valence-corrected chi connectivity index (χ3v) is 5.13. The normalized spacial score (nSPS) is 17.4. The molecule has 0 aromatic heterocycles. The summed E-state index contributed by atoms with van der Waals surface area (Å²) in [5, 5.41) is 5.26. The van der Waals surface area contributed by atoms with Gasteiger partial charge in [-0.15, -0.1) is 11.8 Å². The second-order valence-electron chi connectivity index (χ2n) is 5.82. The topological polar surface area (TPSA) is 58.2 Å². The first-order chi connectivity index (χ1) is 11.8. The van der Waals surface area contributed by atoms with Gasteiger partial charge in [-0.2, -0.15) is 0 Å². The van der Waals surface area contributed by atoms with Crippen molar-refractivity contribution in [3.05, 3.63) is 59.2 Å². The number of fused-ring (bicyclic) bond motifs is 1. The number of carbonyl (C=O) groups excluding carboxylic acids is 2. The molecule has 2 amide bonds. The van der Waals surface area contributed by atoms with Crippen LogP contribution in [0.5, 0.6) is 0 Å². The molecule has 7 heteroatoms. The molecule has 1 aliphatic heterocycles. The fourth-order valence-corrected chi connectivity index (χ4v) is 3.49. The molecular formula is C18H16F2N2O2S. The summed E-state index contributed by atoms with van der Waals surface area (Å²) in [5.74, 6) is -1.90. The fourth-order valence-electron chi connectivity index (χ4n) is 2.56. The molecular weight excluding hydrogens is 346 g/mol. The number of nitrogens with one attached hydrogen (secondary N) is 2. The third kappa shape index (κ3) is 3.66. The summed E-state index contributed by atoms with van der Waals surface area (Å²) in [6, 6.07) is 7.62. The molecule has 130 valence electrons. The molecule has 2 aromatic rings. The molecule has 1 aliphatic rings. The van der Waals surface area contributed by atoms with E-state index >= 15 is 0 Å². The van der Waals surface area contributed by atoms with Crippen molar-refractivity contribution in [1.29, 1.82) is 0 Å². The highest BCUT2D eigenvalue weighted by atomic mass is 32.2. The highest BCUT2D eigenvalue weighted by molar-refractivity contribution is 8.00. The standard InChI is InChI=1S/C18H16F2N2O2S/c1-9(13-5-4-12(19)8-14(13)20)21-18(24)11-3-6-16-15(7-11)22-17(23)10(2)25-16/h3-10H,1-2H3,(H,21,24)(H,22,23). The van der Waals surface area contributed by atoms with E-state index in [1.54, 1.807) is 25.1 Å². The zero-order valence-corrected chi connectivity index (χ0v) is 14.4. The lowest BCUT2D eigenvalue weighted by atomic mass is 10.1. The van der Waals surface area contributed by atoms with E-state index in [2.05, 4.69) is 10.6 Å². The average Bonchev–Trinajstić information content (AvgIpc) is 2.55. The molecule has 0 saturated heterocycles. The Morgan fingerprint density at radius 3 is 2.72 bits per heavy atom. The Morgan fingerprint density at radius 2 is 2.00 bits per heavy atom. The van der Waals surface area contributed by atoms with Crippen LogP contribution in [0.3, 0.4) is 0 Å². The number of halogens is 2. The van der Waals surface area contributed by atoms with Gasteiger partial charge in [0.05, 0.1) is 17.0 Å². The number of anilines is 1. The molecule has 0 spiro atoms. The molecule has 2 unspecified atom stereocenters. The van der Waals surface area contributed by atoms with Crippen LogP contribution in [0.2, 0.25) is 0 Å².